The minimum absolute atomic E-state index is 0.0463. The predicted molar refractivity (Wildman–Crippen MR) is 58.9 cm³/mol. The summed E-state index contributed by atoms with van der Waals surface area (Å²) >= 11 is 8.59. The predicted octanol–water partition coefficient (Wildman–Crippen LogP) is 2.41. The van der Waals surface area contributed by atoms with Gasteiger partial charge in [-0.1, -0.05) is 11.6 Å². The van der Waals surface area contributed by atoms with Crippen molar-refractivity contribution in [2.75, 3.05) is 6.26 Å². The van der Waals surface area contributed by atoms with Gasteiger partial charge in [0.1, 0.15) is 0 Å². The number of benzene rings is 1. The number of nitrogens with zero attached hydrogens (tertiary/aromatic N) is 1. The zero-order chi connectivity index (χ0) is 11.8. The summed E-state index contributed by atoms with van der Waals surface area (Å²) < 4.78 is 22.6. The van der Waals surface area contributed by atoms with Gasteiger partial charge in [-0.15, -0.1) is 0 Å². The summed E-state index contributed by atoms with van der Waals surface area (Å²) in [6.45, 7) is 0. The first-order valence-corrected chi connectivity index (χ1v) is 6.63. The second kappa shape index (κ2) is 4.07. The Bertz CT molecular complexity index is 528. The van der Waals surface area contributed by atoms with Crippen molar-refractivity contribution in [2.45, 2.75) is 4.90 Å². The van der Waals surface area contributed by atoms with Crippen LogP contribution in [0.15, 0.2) is 21.5 Å². The van der Waals surface area contributed by atoms with Crippen LogP contribution in [0, 0.1) is 10.1 Å². The van der Waals surface area contributed by atoms with Crippen molar-refractivity contribution in [1.82, 2.24) is 0 Å². The minimum Gasteiger partial charge on any atom is -0.258 e. The van der Waals surface area contributed by atoms with E-state index in [2.05, 4.69) is 15.9 Å². The van der Waals surface area contributed by atoms with Gasteiger partial charge in [0.25, 0.3) is 5.69 Å². The van der Waals surface area contributed by atoms with Crippen LogP contribution in [-0.4, -0.2) is 19.6 Å². The minimum atomic E-state index is -3.56. The molecule has 0 aromatic heterocycles. The van der Waals surface area contributed by atoms with Crippen LogP contribution in [0.2, 0.25) is 5.02 Å². The van der Waals surface area contributed by atoms with Crippen LogP contribution in [0.4, 0.5) is 5.69 Å². The maximum atomic E-state index is 11.2. The van der Waals surface area contributed by atoms with Crippen molar-refractivity contribution in [3.8, 4) is 0 Å². The van der Waals surface area contributed by atoms with Gasteiger partial charge in [0.15, 0.2) is 9.84 Å². The molecule has 82 valence electrons. The average Bonchev–Trinajstić information content (AvgIpc) is 2.00. The maximum Gasteiger partial charge on any atom is 0.284 e. The van der Waals surface area contributed by atoms with Crippen molar-refractivity contribution in [3.63, 3.8) is 0 Å². The van der Waals surface area contributed by atoms with Gasteiger partial charge in [-0.2, -0.15) is 0 Å². The molecule has 0 saturated heterocycles. The van der Waals surface area contributed by atoms with Crippen LogP contribution in [0.25, 0.3) is 0 Å². The SMILES string of the molecule is CS(=O)(=O)c1cc([N+](=O)[O-])c(Br)cc1Cl. The van der Waals surface area contributed by atoms with Gasteiger partial charge in [-0.25, -0.2) is 8.42 Å². The monoisotopic (exact) mass is 313 g/mol. The van der Waals surface area contributed by atoms with Gasteiger partial charge in [-0.3, -0.25) is 10.1 Å². The van der Waals surface area contributed by atoms with Crippen molar-refractivity contribution >= 4 is 43.1 Å². The molecule has 0 radical (unpaired) electrons. The molecule has 0 unspecified atom stereocenters. The standard InChI is InChI=1S/C7H5BrClNO4S/c1-15(13,14)7-3-6(10(11)12)4(8)2-5(7)9/h2-3H,1H3. The molecule has 0 N–H and O–H groups in total. The molecule has 0 aliphatic heterocycles. The van der Waals surface area contributed by atoms with E-state index in [1.54, 1.807) is 0 Å². The molecule has 0 atom stereocenters. The largest absolute Gasteiger partial charge is 0.284 e. The summed E-state index contributed by atoms with van der Waals surface area (Å²) in [5.74, 6) is 0. The lowest BCUT2D eigenvalue weighted by Crippen LogP contribution is -2.00. The van der Waals surface area contributed by atoms with E-state index in [0.717, 1.165) is 12.3 Å². The lowest BCUT2D eigenvalue weighted by Gasteiger charge is -2.02. The van der Waals surface area contributed by atoms with Crippen molar-refractivity contribution in [3.05, 3.63) is 31.7 Å². The smallest absolute Gasteiger partial charge is 0.258 e. The van der Waals surface area contributed by atoms with E-state index in [4.69, 9.17) is 11.6 Å². The molecule has 15 heavy (non-hydrogen) atoms. The van der Waals surface area contributed by atoms with Gasteiger partial charge in [0.2, 0.25) is 0 Å². The first-order chi connectivity index (χ1) is 6.73. The Hall–Kier alpha value is -0.660. The van der Waals surface area contributed by atoms with Gasteiger partial charge < -0.3 is 0 Å². The summed E-state index contributed by atoms with van der Waals surface area (Å²) in [5.41, 5.74) is -0.333. The number of nitro groups is 1. The van der Waals surface area contributed by atoms with Crippen molar-refractivity contribution < 1.29 is 13.3 Å². The van der Waals surface area contributed by atoms with E-state index >= 15 is 0 Å². The molecule has 1 rings (SSSR count). The molecule has 8 heteroatoms. The average molecular weight is 315 g/mol. The van der Waals surface area contributed by atoms with E-state index in [9.17, 15) is 18.5 Å². The van der Waals surface area contributed by atoms with Gasteiger partial charge in [-0.05, 0) is 22.0 Å². The maximum absolute atomic E-state index is 11.2. The van der Waals surface area contributed by atoms with Gasteiger partial charge >= 0.3 is 0 Å². The molecule has 1 aromatic carbocycles. The number of halogens is 2. The summed E-state index contributed by atoms with van der Waals surface area (Å²) in [6.07, 6.45) is 0.936. The Labute approximate surface area is 99.2 Å². The number of hydrogen-bond donors (Lipinski definition) is 0. The Morgan fingerprint density at radius 2 is 2.00 bits per heavy atom. The third-order valence-corrected chi connectivity index (χ3v) is 3.79. The highest BCUT2D eigenvalue weighted by Crippen LogP contribution is 2.33. The number of rotatable bonds is 2. The Morgan fingerprint density at radius 1 is 1.47 bits per heavy atom. The van der Waals surface area contributed by atoms with Crippen LogP contribution in [0.1, 0.15) is 0 Å². The van der Waals surface area contributed by atoms with E-state index in [0.29, 0.717) is 0 Å². The zero-order valence-electron chi connectivity index (χ0n) is 7.40. The summed E-state index contributed by atoms with van der Waals surface area (Å²) in [7, 11) is -3.56. The molecule has 5 nitrogen and oxygen atoms in total. The fourth-order valence-corrected chi connectivity index (χ4v) is 2.89. The molecular weight excluding hydrogens is 310 g/mol. The highest BCUT2D eigenvalue weighted by atomic mass is 79.9. The molecule has 0 fully saturated rings. The Balaban J connectivity index is 3.58. The summed E-state index contributed by atoms with van der Waals surface area (Å²) in [4.78, 5) is 9.61. The quantitative estimate of drug-likeness (QED) is 0.620. The number of sulfone groups is 1. The second-order valence-corrected chi connectivity index (χ2v) is 6.01. The third kappa shape index (κ3) is 2.67. The van der Waals surface area contributed by atoms with Crippen LogP contribution >= 0.6 is 27.5 Å². The number of hydrogen-bond acceptors (Lipinski definition) is 4. The van der Waals surface area contributed by atoms with Gasteiger partial charge in [0.05, 0.1) is 19.3 Å². The molecular formula is C7H5BrClNO4S. The normalized spacial score (nSPS) is 11.4. The molecule has 0 aliphatic rings. The molecule has 0 saturated carbocycles. The van der Waals surface area contributed by atoms with E-state index in [1.807, 2.05) is 0 Å². The van der Waals surface area contributed by atoms with E-state index < -0.39 is 14.8 Å². The lowest BCUT2D eigenvalue weighted by molar-refractivity contribution is -0.385. The van der Waals surface area contributed by atoms with Gasteiger partial charge in [0, 0.05) is 12.3 Å². The third-order valence-electron chi connectivity index (χ3n) is 1.60. The fraction of sp³-hybridized carbons (Fsp3) is 0.143. The summed E-state index contributed by atoms with van der Waals surface area (Å²) in [5, 5.41) is 10.5. The molecule has 0 spiro atoms. The highest BCUT2D eigenvalue weighted by molar-refractivity contribution is 9.10. The van der Waals surface area contributed by atoms with Crippen LogP contribution in [0.5, 0.6) is 0 Å². The Morgan fingerprint density at radius 3 is 2.40 bits per heavy atom. The second-order valence-electron chi connectivity index (χ2n) is 2.76. The van der Waals surface area contributed by atoms with E-state index in [1.165, 1.54) is 6.07 Å². The molecule has 1 aromatic rings. The molecule has 0 aliphatic carbocycles. The molecule has 0 amide bonds. The first-order valence-electron chi connectivity index (χ1n) is 3.57. The highest BCUT2D eigenvalue weighted by Gasteiger charge is 2.20. The van der Waals surface area contributed by atoms with Crippen LogP contribution < -0.4 is 0 Å². The molecule has 0 bridgehead atoms. The van der Waals surface area contributed by atoms with E-state index in [-0.39, 0.29) is 20.1 Å². The van der Waals surface area contributed by atoms with Crippen LogP contribution in [-0.2, 0) is 9.84 Å². The summed E-state index contributed by atoms with van der Waals surface area (Å²) in [6, 6.07) is 2.12. The van der Waals surface area contributed by atoms with Crippen molar-refractivity contribution in [2.24, 2.45) is 0 Å². The molecule has 0 heterocycles. The Kier molecular flexibility index (Phi) is 3.37. The van der Waals surface area contributed by atoms with Crippen LogP contribution in [0.3, 0.4) is 0 Å². The fourth-order valence-electron chi connectivity index (χ4n) is 0.942. The number of nitro benzene ring substituents is 1. The topological polar surface area (TPSA) is 77.3 Å². The zero-order valence-corrected chi connectivity index (χ0v) is 10.6. The lowest BCUT2D eigenvalue weighted by atomic mass is 10.3. The first kappa shape index (κ1) is 12.4. The van der Waals surface area contributed by atoms with Crippen molar-refractivity contribution in [1.29, 1.82) is 0 Å².